The third kappa shape index (κ3) is 10.5. The maximum atomic E-state index is 12.2. The molecule has 10 nitrogen and oxygen atoms in total. The van der Waals surface area contributed by atoms with E-state index in [9.17, 15) is 24.9 Å². The number of likely N-dealkylation sites (N-methyl/N-ethyl adjacent to an activating group) is 1. The van der Waals surface area contributed by atoms with Gasteiger partial charge in [0.05, 0.1) is 24.9 Å². The van der Waals surface area contributed by atoms with Gasteiger partial charge < -0.3 is 40.1 Å². The van der Waals surface area contributed by atoms with E-state index in [-0.39, 0.29) is 43.3 Å². The number of aliphatic hydroxyl groups excluding tert-OH is 2. The maximum Gasteiger partial charge on any atom is 0.303 e. The number of aliphatic hydroxyl groups is 2. The van der Waals surface area contributed by atoms with E-state index in [2.05, 4.69) is 5.32 Å². The number of aromatic hydroxyl groups is 1. The van der Waals surface area contributed by atoms with E-state index in [1.807, 2.05) is 84.7 Å². The number of aliphatic carboxylic acids is 1. The molecule has 1 amide bonds. The molecular weight excluding hydrogens is 624 g/mol. The molecule has 4 atom stereocenters. The van der Waals surface area contributed by atoms with Crippen molar-refractivity contribution >= 4 is 11.9 Å². The van der Waals surface area contributed by atoms with Gasteiger partial charge >= 0.3 is 5.97 Å². The van der Waals surface area contributed by atoms with Crippen LogP contribution in [0, 0.1) is 0 Å². The summed E-state index contributed by atoms with van der Waals surface area (Å²) in [5, 5.41) is 41.9. The summed E-state index contributed by atoms with van der Waals surface area (Å²) >= 11 is 0. The largest absolute Gasteiger partial charge is 0.508 e. The van der Waals surface area contributed by atoms with E-state index in [4.69, 9.17) is 14.6 Å². The first-order valence-corrected chi connectivity index (χ1v) is 16.5. The number of ether oxygens (including phenoxy) is 2. The van der Waals surface area contributed by atoms with Gasteiger partial charge in [0, 0.05) is 44.5 Å². The first-order valence-electron chi connectivity index (χ1n) is 16.5. The van der Waals surface area contributed by atoms with E-state index >= 15 is 0 Å². The molecule has 5 rings (SSSR count). The Morgan fingerprint density at radius 2 is 1.61 bits per heavy atom. The molecule has 4 aromatic carbocycles. The molecule has 1 aliphatic rings. The quantitative estimate of drug-likeness (QED) is 0.109. The van der Waals surface area contributed by atoms with Crippen LogP contribution in [0.5, 0.6) is 5.75 Å². The van der Waals surface area contributed by atoms with E-state index in [1.54, 1.807) is 24.3 Å². The Labute approximate surface area is 286 Å². The van der Waals surface area contributed by atoms with Crippen LogP contribution in [0.15, 0.2) is 97.1 Å². The van der Waals surface area contributed by atoms with E-state index in [0.29, 0.717) is 38.0 Å². The number of phenolic OH excluding ortho intramolecular Hbond substituents is 1. The molecule has 49 heavy (non-hydrogen) atoms. The molecule has 0 bridgehead atoms. The number of amides is 1. The number of carbonyl (C=O) groups excluding carboxylic acids is 1. The highest BCUT2D eigenvalue weighted by atomic mass is 16.7. The van der Waals surface area contributed by atoms with Crippen molar-refractivity contribution in [1.29, 1.82) is 0 Å². The van der Waals surface area contributed by atoms with Gasteiger partial charge in [0.25, 0.3) is 0 Å². The number of hydrogen-bond acceptors (Lipinski definition) is 8. The number of rotatable bonds is 15. The number of nitrogens with one attached hydrogen (secondary N) is 1. The minimum absolute atomic E-state index is 0.0363. The van der Waals surface area contributed by atoms with Crippen LogP contribution in [0.4, 0.5) is 0 Å². The fourth-order valence-electron chi connectivity index (χ4n) is 6.00. The van der Waals surface area contributed by atoms with E-state index < -0.39 is 18.4 Å². The second-order valence-electron chi connectivity index (χ2n) is 12.5. The molecule has 1 heterocycles. The monoisotopic (exact) mass is 668 g/mol. The van der Waals surface area contributed by atoms with Crippen LogP contribution in [0.2, 0.25) is 0 Å². The molecule has 0 unspecified atom stereocenters. The van der Waals surface area contributed by atoms with Gasteiger partial charge in [-0.05, 0) is 71.1 Å². The summed E-state index contributed by atoms with van der Waals surface area (Å²) in [5.41, 5.74) is 6.11. The number of nitrogens with zero attached hydrogens (tertiary/aromatic N) is 1. The molecular formula is C39H44N2O8. The Morgan fingerprint density at radius 1 is 0.878 bits per heavy atom. The van der Waals surface area contributed by atoms with Crippen LogP contribution in [-0.4, -0.2) is 63.4 Å². The zero-order chi connectivity index (χ0) is 34.8. The van der Waals surface area contributed by atoms with Crippen molar-refractivity contribution in [3.8, 4) is 16.9 Å². The Morgan fingerprint density at radius 3 is 2.35 bits per heavy atom. The van der Waals surface area contributed by atoms with Crippen molar-refractivity contribution in [2.24, 2.45) is 0 Å². The van der Waals surface area contributed by atoms with Gasteiger partial charge in [0.2, 0.25) is 5.91 Å². The molecule has 1 aliphatic heterocycles. The lowest BCUT2D eigenvalue weighted by Gasteiger charge is -2.38. The van der Waals surface area contributed by atoms with Crippen LogP contribution in [0.3, 0.4) is 0 Å². The fraction of sp³-hybridized carbons (Fsp3) is 0.333. The SMILES string of the molecule is CN(C[C@H]1C[C@@H](c2ccc(CO)cc2)O[C@@H](c2cccc(-c3cccc(CNC(=O)CCCC(=O)O)c3)c2)O1)C[C@@H](O)c1cccc(O)c1. The van der Waals surface area contributed by atoms with Crippen molar-refractivity contribution < 1.29 is 39.5 Å². The summed E-state index contributed by atoms with van der Waals surface area (Å²) in [4.78, 5) is 24.9. The van der Waals surface area contributed by atoms with Crippen LogP contribution >= 0.6 is 0 Å². The number of hydrogen-bond donors (Lipinski definition) is 5. The summed E-state index contributed by atoms with van der Waals surface area (Å²) in [6, 6.07) is 30.2. The predicted octanol–water partition coefficient (Wildman–Crippen LogP) is 5.63. The number of phenols is 1. The molecule has 1 saturated heterocycles. The smallest absolute Gasteiger partial charge is 0.303 e. The van der Waals surface area contributed by atoms with Crippen LogP contribution in [0.25, 0.3) is 11.1 Å². The van der Waals surface area contributed by atoms with Crippen LogP contribution in [-0.2, 0) is 32.2 Å². The zero-order valence-corrected chi connectivity index (χ0v) is 27.6. The van der Waals surface area contributed by atoms with Gasteiger partial charge in [0.1, 0.15) is 5.75 Å². The van der Waals surface area contributed by atoms with E-state index in [1.165, 1.54) is 0 Å². The van der Waals surface area contributed by atoms with Crippen molar-refractivity contribution in [3.05, 3.63) is 125 Å². The van der Waals surface area contributed by atoms with Crippen molar-refractivity contribution in [3.63, 3.8) is 0 Å². The van der Waals surface area contributed by atoms with Gasteiger partial charge in [-0.2, -0.15) is 0 Å². The Kier molecular flexibility index (Phi) is 12.5. The highest BCUT2D eigenvalue weighted by molar-refractivity contribution is 5.76. The van der Waals surface area contributed by atoms with Gasteiger partial charge in [-0.1, -0.05) is 72.8 Å². The second-order valence-corrected chi connectivity index (χ2v) is 12.5. The van der Waals surface area contributed by atoms with Crippen molar-refractivity contribution in [2.45, 2.75) is 63.4 Å². The van der Waals surface area contributed by atoms with Gasteiger partial charge in [-0.15, -0.1) is 0 Å². The third-order valence-corrected chi connectivity index (χ3v) is 8.57. The molecule has 0 aliphatic carbocycles. The van der Waals surface area contributed by atoms with Gasteiger partial charge in [0.15, 0.2) is 6.29 Å². The lowest BCUT2D eigenvalue weighted by molar-refractivity contribution is -0.252. The van der Waals surface area contributed by atoms with Crippen LogP contribution in [0.1, 0.15) is 72.0 Å². The lowest BCUT2D eigenvalue weighted by Crippen LogP contribution is -2.39. The molecule has 0 spiro atoms. The molecule has 4 aromatic rings. The minimum atomic E-state index is -0.914. The molecule has 1 fully saturated rings. The molecule has 10 heteroatoms. The zero-order valence-electron chi connectivity index (χ0n) is 27.6. The Balaban J connectivity index is 1.30. The average Bonchev–Trinajstić information content (AvgIpc) is 3.10. The van der Waals surface area contributed by atoms with Gasteiger partial charge in [-0.25, -0.2) is 0 Å². The lowest BCUT2D eigenvalue weighted by atomic mass is 9.98. The fourth-order valence-corrected chi connectivity index (χ4v) is 6.00. The Hall–Kier alpha value is -4.58. The maximum absolute atomic E-state index is 12.2. The Bertz CT molecular complexity index is 1690. The first-order chi connectivity index (χ1) is 23.7. The molecule has 0 saturated carbocycles. The average molecular weight is 669 g/mol. The number of carboxylic acids is 1. The summed E-state index contributed by atoms with van der Waals surface area (Å²) in [7, 11) is 1.93. The van der Waals surface area contributed by atoms with Gasteiger partial charge in [-0.3, -0.25) is 9.59 Å². The first kappa shape index (κ1) is 35.7. The number of carboxylic acid groups (broad SMARTS) is 1. The van der Waals surface area contributed by atoms with Crippen LogP contribution < -0.4 is 5.32 Å². The molecule has 5 N–H and O–H groups in total. The molecule has 0 radical (unpaired) electrons. The molecule has 258 valence electrons. The highest BCUT2D eigenvalue weighted by Gasteiger charge is 2.33. The summed E-state index contributed by atoms with van der Waals surface area (Å²) in [6.07, 6.45) is -0.938. The topological polar surface area (TPSA) is 149 Å². The minimum Gasteiger partial charge on any atom is -0.508 e. The van der Waals surface area contributed by atoms with Crippen molar-refractivity contribution in [2.75, 3.05) is 20.1 Å². The standard InChI is InChI=1S/C39H44N2O8/c1-41(24-35(44)31-9-4-11-33(43)20-31)23-34-21-36(28-16-14-26(25-42)15-17-28)49-39(48-34)32-10-3-8-30(19-32)29-7-2-6-27(18-29)22-40-37(45)12-5-13-38(46)47/h2-4,6-11,14-20,34-36,39,42-44H,5,12-13,21-25H2,1H3,(H,40,45)(H,46,47)/t34-,35-,36+,39+/m1/s1. The molecule has 0 aromatic heterocycles. The summed E-state index contributed by atoms with van der Waals surface area (Å²) < 4.78 is 13.1. The number of carbonyl (C=O) groups is 2. The normalized spacial score (nSPS) is 18.2. The highest BCUT2D eigenvalue weighted by Crippen LogP contribution is 2.39. The number of benzene rings is 4. The second kappa shape index (κ2) is 17.2. The predicted molar refractivity (Wildman–Crippen MR) is 184 cm³/mol. The van der Waals surface area contributed by atoms with Crippen molar-refractivity contribution in [1.82, 2.24) is 10.2 Å². The third-order valence-electron chi connectivity index (χ3n) is 8.57. The van der Waals surface area contributed by atoms with E-state index in [0.717, 1.165) is 33.4 Å². The summed E-state index contributed by atoms with van der Waals surface area (Å²) in [6.45, 7) is 1.17. The summed E-state index contributed by atoms with van der Waals surface area (Å²) in [5.74, 6) is -0.992.